The second-order valence-corrected chi connectivity index (χ2v) is 3.57. The van der Waals surface area contributed by atoms with Crippen LogP contribution in [0.25, 0.3) is 0 Å². The van der Waals surface area contributed by atoms with E-state index < -0.39 is 5.91 Å². The SMILES string of the molecule is NCCCCCNc1ccnc(C(N)=O)c1. The second kappa shape index (κ2) is 6.79. The summed E-state index contributed by atoms with van der Waals surface area (Å²) in [5.74, 6) is -0.508. The van der Waals surface area contributed by atoms with Gasteiger partial charge in [0.2, 0.25) is 0 Å². The summed E-state index contributed by atoms with van der Waals surface area (Å²) in [6.07, 6.45) is 4.79. The molecular weight excluding hydrogens is 204 g/mol. The number of nitrogens with one attached hydrogen (secondary N) is 1. The van der Waals surface area contributed by atoms with Crippen molar-refractivity contribution in [3.8, 4) is 0 Å². The molecule has 0 spiro atoms. The minimum Gasteiger partial charge on any atom is -0.385 e. The number of anilines is 1. The van der Waals surface area contributed by atoms with Crippen molar-refractivity contribution in [2.24, 2.45) is 11.5 Å². The molecule has 0 bridgehead atoms. The summed E-state index contributed by atoms with van der Waals surface area (Å²) >= 11 is 0. The van der Waals surface area contributed by atoms with Gasteiger partial charge in [0.15, 0.2) is 0 Å². The van der Waals surface area contributed by atoms with Crippen molar-refractivity contribution >= 4 is 11.6 Å². The standard InChI is InChI=1S/C11H18N4O/c12-5-2-1-3-6-14-9-4-7-15-10(8-9)11(13)16/h4,7-8H,1-3,5-6,12H2,(H2,13,16)(H,14,15). The smallest absolute Gasteiger partial charge is 0.267 e. The van der Waals surface area contributed by atoms with Crippen LogP contribution < -0.4 is 16.8 Å². The van der Waals surface area contributed by atoms with Gasteiger partial charge in [0, 0.05) is 18.4 Å². The van der Waals surface area contributed by atoms with E-state index in [-0.39, 0.29) is 5.69 Å². The van der Waals surface area contributed by atoms with Gasteiger partial charge in [-0.2, -0.15) is 0 Å². The van der Waals surface area contributed by atoms with E-state index in [2.05, 4.69) is 10.3 Å². The Morgan fingerprint density at radius 2 is 2.19 bits per heavy atom. The number of nitrogens with zero attached hydrogens (tertiary/aromatic N) is 1. The summed E-state index contributed by atoms with van der Waals surface area (Å²) in [5.41, 5.74) is 11.7. The zero-order valence-corrected chi connectivity index (χ0v) is 9.28. The summed E-state index contributed by atoms with van der Waals surface area (Å²) in [7, 11) is 0. The molecule has 0 unspecified atom stereocenters. The van der Waals surface area contributed by atoms with E-state index in [9.17, 15) is 4.79 Å². The molecule has 0 radical (unpaired) electrons. The van der Waals surface area contributed by atoms with Crippen molar-refractivity contribution < 1.29 is 4.79 Å². The van der Waals surface area contributed by atoms with Gasteiger partial charge >= 0.3 is 0 Å². The van der Waals surface area contributed by atoms with Gasteiger partial charge in [-0.3, -0.25) is 9.78 Å². The molecule has 0 saturated carbocycles. The van der Waals surface area contributed by atoms with Crippen LogP contribution in [-0.4, -0.2) is 24.0 Å². The fraction of sp³-hybridized carbons (Fsp3) is 0.455. The molecule has 0 aliphatic carbocycles. The monoisotopic (exact) mass is 222 g/mol. The molecule has 88 valence electrons. The van der Waals surface area contributed by atoms with E-state index in [4.69, 9.17) is 11.5 Å². The van der Waals surface area contributed by atoms with Gasteiger partial charge in [-0.15, -0.1) is 0 Å². The lowest BCUT2D eigenvalue weighted by atomic mass is 10.2. The first-order valence-corrected chi connectivity index (χ1v) is 5.44. The molecular formula is C11H18N4O. The van der Waals surface area contributed by atoms with Crippen molar-refractivity contribution in [1.29, 1.82) is 0 Å². The maximum Gasteiger partial charge on any atom is 0.267 e. The molecule has 0 aliphatic rings. The Bertz CT molecular complexity index is 341. The molecule has 0 saturated heterocycles. The molecule has 0 fully saturated rings. The topological polar surface area (TPSA) is 94.0 Å². The minimum absolute atomic E-state index is 0.284. The van der Waals surface area contributed by atoms with Crippen molar-refractivity contribution in [2.45, 2.75) is 19.3 Å². The quantitative estimate of drug-likeness (QED) is 0.592. The Labute approximate surface area is 95.2 Å². The van der Waals surface area contributed by atoms with Gasteiger partial charge in [-0.05, 0) is 31.5 Å². The number of unbranched alkanes of at least 4 members (excludes halogenated alkanes) is 2. The molecule has 5 heteroatoms. The average molecular weight is 222 g/mol. The van der Waals surface area contributed by atoms with Crippen LogP contribution in [0.4, 0.5) is 5.69 Å². The van der Waals surface area contributed by atoms with Crippen LogP contribution in [0.1, 0.15) is 29.8 Å². The largest absolute Gasteiger partial charge is 0.385 e. The number of amides is 1. The van der Waals surface area contributed by atoms with Crippen molar-refractivity contribution in [2.75, 3.05) is 18.4 Å². The highest BCUT2D eigenvalue weighted by Gasteiger charge is 2.01. The first kappa shape index (κ1) is 12.4. The summed E-state index contributed by atoms with van der Waals surface area (Å²) in [6, 6.07) is 3.47. The number of primary amides is 1. The predicted octanol–water partition coefficient (Wildman–Crippen LogP) is 0.721. The number of hydrogen-bond donors (Lipinski definition) is 3. The van der Waals surface area contributed by atoms with E-state index in [0.29, 0.717) is 0 Å². The Balaban J connectivity index is 2.36. The third kappa shape index (κ3) is 4.27. The Morgan fingerprint density at radius 1 is 1.38 bits per heavy atom. The third-order valence-electron chi connectivity index (χ3n) is 2.22. The maximum atomic E-state index is 10.9. The van der Waals surface area contributed by atoms with Crippen LogP contribution >= 0.6 is 0 Å². The van der Waals surface area contributed by atoms with Gasteiger partial charge in [-0.1, -0.05) is 6.42 Å². The lowest BCUT2D eigenvalue weighted by molar-refractivity contribution is 0.0995. The summed E-state index contributed by atoms with van der Waals surface area (Å²) in [4.78, 5) is 14.8. The van der Waals surface area contributed by atoms with E-state index in [1.807, 2.05) is 6.07 Å². The molecule has 5 N–H and O–H groups in total. The zero-order valence-electron chi connectivity index (χ0n) is 9.28. The van der Waals surface area contributed by atoms with E-state index in [1.165, 1.54) is 0 Å². The molecule has 1 aromatic rings. The van der Waals surface area contributed by atoms with Gasteiger partial charge in [0.25, 0.3) is 5.91 Å². The fourth-order valence-corrected chi connectivity index (χ4v) is 1.35. The fourth-order valence-electron chi connectivity index (χ4n) is 1.35. The van der Waals surface area contributed by atoms with Gasteiger partial charge in [0.05, 0.1) is 0 Å². The van der Waals surface area contributed by atoms with Gasteiger partial charge in [-0.25, -0.2) is 0 Å². The van der Waals surface area contributed by atoms with Crippen LogP contribution in [0, 0.1) is 0 Å². The van der Waals surface area contributed by atoms with Gasteiger partial charge in [0.1, 0.15) is 5.69 Å². The Kier molecular flexibility index (Phi) is 5.28. The number of carbonyl (C=O) groups excluding carboxylic acids is 1. The second-order valence-electron chi connectivity index (χ2n) is 3.57. The predicted molar refractivity (Wildman–Crippen MR) is 64.2 cm³/mol. The Morgan fingerprint density at radius 3 is 2.88 bits per heavy atom. The van der Waals surface area contributed by atoms with Crippen LogP contribution in [0.5, 0.6) is 0 Å². The summed E-state index contributed by atoms with van der Waals surface area (Å²) < 4.78 is 0. The highest BCUT2D eigenvalue weighted by atomic mass is 16.1. The molecule has 0 aliphatic heterocycles. The average Bonchev–Trinajstić information content (AvgIpc) is 2.29. The molecule has 1 rings (SSSR count). The van der Waals surface area contributed by atoms with Crippen LogP contribution in [0.15, 0.2) is 18.3 Å². The number of carbonyl (C=O) groups is 1. The number of aromatic nitrogens is 1. The van der Waals surface area contributed by atoms with Crippen LogP contribution in [0.2, 0.25) is 0 Å². The molecule has 0 aromatic carbocycles. The van der Waals surface area contributed by atoms with Crippen molar-refractivity contribution in [3.05, 3.63) is 24.0 Å². The van der Waals surface area contributed by atoms with Crippen LogP contribution in [0.3, 0.4) is 0 Å². The lowest BCUT2D eigenvalue weighted by Gasteiger charge is -2.06. The molecule has 0 atom stereocenters. The van der Waals surface area contributed by atoms with Crippen LogP contribution in [-0.2, 0) is 0 Å². The molecule has 16 heavy (non-hydrogen) atoms. The van der Waals surface area contributed by atoms with E-state index >= 15 is 0 Å². The zero-order chi connectivity index (χ0) is 11.8. The molecule has 1 aromatic heterocycles. The van der Waals surface area contributed by atoms with E-state index in [1.54, 1.807) is 12.3 Å². The number of hydrogen-bond acceptors (Lipinski definition) is 4. The highest BCUT2D eigenvalue weighted by molar-refractivity contribution is 5.91. The summed E-state index contributed by atoms with van der Waals surface area (Å²) in [5, 5.41) is 3.21. The third-order valence-corrected chi connectivity index (χ3v) is 2.22. The Hall–Kier alpha value is -1.62. The number of rotatable bonds is 7. The molecule has 1 amide bonds. The first-order chi connectivity index (χ1) is 7.74. The highest BCUT2D eigenvalue weighted by Crippen LogP contribution is 2.07. The minimum atomic E-state index is -0.508. The first-order valence-electron chi connectivity index (χ1n) is 5.44. The maximum absolute atomic E-state index is 10.9. The van der Waals surface area contributed by atoms with Gasteiger partial charge < -0.3 is 16.8 Å². The lowest BCUT2D eigenvalue weighted by Crippen LogP contribution is -2.13. The number of nitrogens with two attached hydrogens (primary N) is 2. The number of pyridine rings is 1. The normalized spacial score (nSPS) is 10.1. The van der Waals surface area contributed by atoms with Crippen molar-refractivity contribution in [1.82, 2.24) is 4.98 Å². The molecule has 5 nitrogen and oxygen atoms in total. The van der Waals surface area contributed by atoms with Crippen molar-refractivity contribution in [3.63, 3.8) is 0 Å². The summed E-state index contributed by atoms with van der Waals surface area (Å²) in [6.45, 7) is 1.60. The molecule has 1 heterocycles. The van der Waals surface area contributed by atoms with E-state index in [0.717, 1.165) is 38.0 Å².